The second-order valence-corrected chi connectivity index (χ2v) is 14.7. The highest BCUT2D eigenvalue weighted by molar-refractivity contribution is 5.83. The number of cyclic esters (lactones) is 1. The van der Waals surface area contributed by atoms with Gasteiger partial charge in [-0.1, -0.05) is 27.7 Å². The molecule has 0 amide bonds. The highest BCUT2D eigenvalue weighted by atomic mass is 17.2. The van der Waals surface area contributed by atoms with Crippen molar-refractivity contribution in [2.24, 2.45) is 40.4 Å². The smallest absolute Gasteiger partial charge is 0.331 e. The number of rotatable bonds is 0. The summed E-state index contributed by atoms with van der Waals surface area (Å²) >= 11 is 0. The van der Waals surface area contributed by atoms with E-state index in [9.17, 15) is 9.59 Å². The van der Waals surface area contributed by atoms with Crippen LogP contribution in [0.2, 0.25) is 0 Å². The lowest BCUT2D eigenvalue weighted by molar-refractivity contribution is -0.384. The highest BCUT2D eigenvalue weighted by Gasteiger charge is 2.75. The second kappa shape index (κ2) is 7.19. The van der Waals surface area contributed by atoms with Crippen molar-refractivity contribution < 1.29 is 33.6 Å². The van der Waals surface area contributed by atoms with Crippen molar-refractivity contribution in [3.63, 3.8) is 0 Å². The van der Waals surface area contributed by atoms with Gasteiger partial charge in [-0.2, -0.15) is 0 Å². The molecule has 0 aromatic carbocycles. The fourth-order valence-corrected chi connectivity index (χ4v) is 11.0. The minimum absolute atomic E-state index is 0.0163. The number of fused-ring (bicyclic) bond motifs is 4. The van der Waals surface area contributed by atoms with E-state index >= 15 is 0 Å². The van der Waals surface area contributed by atoms with Crippen molar-refractivity contribution in [1.29, 1.82) is 0 Å². The van der Waals surface area contributed by atoms with Crippen LogP contribution < -0.4 is 0 Å². The van der Waals surface area contributed by atoms with Crippen molar-refractivity contribution in [3.8, 4) is 0 Å². The third kappa shape index (κ3) is 3.00. The van der Waals surface area contributed by atoms with Crippen LogP contribution in [0.1, 0.15) is 92.9 Å². The van der Waals surface area contributed by atoms with Crippen LogP contribution in [0.25, 0.3) is 0 Å². The summed E-state index contributed by atoms with van der Waals surface area (Å²) in [5, 5.41) is 0. The first-order valence-corrected chi connectivity index (χ1v) is 14.5. The maximum atomic E-state index is 12.4. The van der Waals surface area contributed by atoms with Gasteiger partial charge in [-0.3, -0.25) is 4.79 Å². The molecule has 37 heavy (non-hydrogen) atoms. The molecular weight excluding hydrogens is 472 g/mol. The largest absolute Gasteiger partial charge is 0.456 e. The molecule has 0 unspecified atom stereocenters. The molecule has 7 nitrogen and oxygen atoms in total. The van der Waals surface area contributed by atoms with Gasteiger partial charge in [0, 0.05) is 31.3 Å². The van der Waals surface area contributed by atoms with Gasteiger partial charge < -0.3 is 14.2 Å². The lowest BCUT2D eigenvalue weighted by atomic mass is 9.46. The molecule has 0 radical (unpaired) electrons. The van der Waals surface area contributed by atoms with Gasteiger partial charge in [-0.25, -0.2) is 14.6 Å². The van der Waals surface area contributed by atoms with Gasteiger partial charge in [0.1, 0.15) is 16.8 Å². The Bertz CT molecular complexity index is 1080. The Hall–Kier alpha value is -1.44. The molecule has 3 spiro atoms. The molecule has 7 heteroatoms. The molecule has 7 rings (SSSR count). The molecule has 0 N–H and O–H groups in total. The molecule has 7 aliphatic rings. The summed E-state index contributed by atoms with van der Waals surface area (Å²) in [4.78, 5) is 37.6. The van der Waals surface area contributed by atoms with Crippen LogP contribution >= 0.6 is 0 Å². The van der Waals surface area contributed by atoms with Crippen molar-refractivity contribution in [3.05, 3.63) is 12.2 Å². The summed E-state index contributed by atoms with van der Waals surface area (Å²) in [7, 11) is 0. The standard InChI is InChI=1S/C30H42O7/c1-17-13-30(14-18(2)24(32)35-30)33-19-15-27(6)21-8-7-20-25(3,4)34-22(31)9-10-28(20)16-29(21,37-36-28)12-11-26(27,5)23(17)19/h9-10,17-21,23H,7-8,11-16H2,1-6H3/t17-,18-,19-,20+,21+,23+,26-,27+,28+,29-,30+/m1/s1. The monoisotopic (exact) mass is 514 g/mol. The number of hydrogen-bond donors (Lipinski definition) is 0. The van der Waals surface area contributed by atoms with Gasteiger partial charge in [-0.15, -0.1) is 0 Å². The molecule has 11 atom stereocenters. The molecule has 3 saturated carbocycles. The zero-order valence-corrected chi connectivity index (χ0v) is 23.1. The number of carbonyl (C=O) groups excluding carboxylic acids is 2. The Morgan fingerprint density at radius 1 is 0.865 bits per heavy atom. The summed E-state index contributed by atoms with van der Waals surface area (Å²) in [6.45, 7) is 13.3. The van der Waals surface area contributed by atoms with Gasteiger partial charge in [0.2, 0.25) is 5.79 Å². The minimum Gasteiger partial charge on any atom is -0.456 e. The topological polar surface area (TPSA) is 80.3 Å². The van der Waals surface area contributed by atoms with E-state index in [0.717, 1.165) is 44.9 Å². The normalized spacial score (nSPS) is 57.5. The van der Waals surface area contributed by atoms with Crippen LogP contribution in [0.4, 0.5) is 0 Å². The number of carbonyl (C=O) groups is 2. The Kier molecular flexibility index (Phi) is 4.78. The molecule has 2 bridgehead atoms. The first-order valence-electron chi connectivity index (χ1n) is 14.5. The SMILES string of the molecule is C[C@@H]1C[C@]2(C[C@@H](C)[C@H]3[C@@H](C[C@@]4(C)[C@@H]5CC[C@H]6C(C)(C)OC(=O)C=C[C@]67C[C@@]5(CC[C@]34C)OO7)O2)OC1=O. The average molecular weight is 515 g/mol. The van der Waals surface area contributed by atoms with Gasteiger partial charge in [0.05, 0.1) is 12.0 Å². The van der Waals surface area contributed by atoms with Gasteiger partial charge >= 0.3 is 11.9 Å². The predicted octanol–water partition coefficient (Wildman–Crippen LogP) is 5.26. The van der Waals surface area contributed by atoms with Crippen molar-refractivity contribution >= 4 is 11.9 Å². The van der Waals surface area contributed by atoms with E-state index in [1.54, 1.807) is 6.08 Å². The van der Waals surface area contributed by atoms with Crippen LogP contribution in [0, 0.1) is 40.4 Å². The van der Waals surface area contributed by atoms with Crippen LogP contribution in [0.3, 0.4) is 0 Å². The van der Waals surface area contributed by atoms with E-state index in [1.807, 2.05) is 26.8 Å². The summed E-state index contributed by atoms with van der Waals surface area (Å²) < 4.78 is 18.7. The molecule has 6 fully saturated rings. The lowest BCUT2D eigenvalue weighted by Crippen LogP contribution is -2.58. The van der Waals surface area contributed by atoms with Crippen LogP contribution in [-0.4, -0.2) is 40.6 Å². The molecule has 0 aromatic heterocycles. The van der Waals surface area contributed by atoms with E-state index in [-0.39, 0.29) is 46.3 Å². The lowest BCUT2D eigenvalue weighted by Gasteiger charge is -2.59. The van der Waals surface area contributed by atoms with E-state index < -0.39 is 17.0 Å². The molecule has 4 heterocycles. The van der Waals surface area contributed by atoms with Crippen LogP contribution in [-0.2, 0) is 33.6 Å². The second-order valence-electron chi connectivity index (χ2n) is 14.7. The Labute approximate surface area is 219 Å². The summed E-state index contributed by atoms with van der Waals surface area (Å²) in [6.07, 6.45) is 10.6. The number of esters is 2. The third-order valence-electron chi connectivity index (χ3n) is 12.4. The van der Waals surface area contributed by atoms with Gasteiger partial charge in [-0.05, 0) is 80.6 Å². The Morgan fingerprint density at radius 3 is 2.35 bits per heavy atom. The maximum Gasteiger partial charge on any atom is 0.331 e. The minimum atomic E-state index is -0.763. The Balaban J connectivity index is 1.26. The van der Waals surface area contributed by atoms with Crippen molar-refractivity contribution in [2.45, 2.75) is 122 Å². The highest BCUT2D eigenvalue weighted by Crippen LogP contribution is 2.75. The third-order valence-corrected chi connectivity index (χ3v) is 12.4. The van der Waals surface area contributed by atoms with E-state index in [1.165, 1.54) is 0 Å². The molecule has 4 aliphatic heterocycles. The summed E-state index contributed by atoms with van der Waals surface area (Å²) in [5.41, 5.74) is -1.62. The average Bonchev–Trinajstić information content (AvgIpc) is 3.28. The van der Waals surface area contributed by atoms with Gasteiger partial charge in [0.15, 0.2) is 0 Å². The molecule has 3 aliphatic carbocycles. The summed E-state index contributed by atoms with van der Waals surface area (Å²) in [5.74, 6) is -0.170. The quantitative estimate of drug-likeness (QED) is 0.322. The predicted molar refractivity (Wildman–Crippen MR) is 133 cm³/mol. The first-order chi connectivity index (χ1) is 17.3. The molecule has 204 valence electrons. The fourth-order valence-electron chi connectivity index (χ4n) is 11.0. The first kappa shape index (κ1) is 24.6. The number of hydrogen-bond acceptors (Lipinski definition) is 7. The number of ether oxygens (including phenoxy) is 3. The van der Waals surface area contributed by atoms with E-state index in [2.05, 4.69) is 20.8 Å². The van der Waals surface area contributed by atoms with Gasteiger partial charge in [0.25, 0.3) is 0 Å². The molecular formula is C30H42O7. The van der Waals surface area contributed by atoms with Crippen molar-refractivity contribution in [2.75, 3.05) is 0 Å². The fraction of sp³-hybridized carbons (Fsp3) is 0.867. The van der Waals surface area contributed by atoms with E-state index in [0.29, 0.717) is 24.2 Å². The maximum absolute atomic E-state index is 12.4. The van der Waals surface area contributed by atoms with Crippen LogP contribution in [0.5, 0.6) is 0 Å². The zero-order chi connectivity index (χ0) is 26.2. The Morgan fingerprint density at radius 2 is 1.62 bits per heavy atom. The molecule has 0 aromatic rings. The van der Waals surface area contributed by atoms with Crippen molar-refractivity contribution in [1.82, 2.24) is 0 Å². The molecule has 3 saturated heterocycles. The zero-order valence-electron chi connectivity index (χ0n) is 23.1. The summed E-state index contributed by atoms with van der Waals surface area (Å²) in [6, 6.07) is 0. The van der Waals surface area contributed by atoms with E-state index in [4.69, 9.17) is 24.0 Å². The van der Waals surface area contributed by atoms with Crippen LogP contribution in [0.15, 0.2) is 12.2 Å².